The zero-order valence-electron chi connectivity index (χ0n) is 16.5. The maximum Gasteiger partial charge on any atom is 0.310 e. The zero-order chi connectivity index (χ0) is 18.6. The Morgan fingerprint density at radius 1 is 1.04 bits per heavy atom. The summed E-state index contributed by atoms with van der Waals surface area (Å²) in [4.78, 5) is 24.3. The minimum Gasteiger partial charge on any atom is -0.435 e. The minimum absolute atomic E-state index is 0.0288. The molecule has 148 valence electrons. The molecule has 6 nitrogen and oxygen atoms in total. The van der Waals surface area contributed by atoms with E-state index in [1.807, 2.05) is 20.8 Å². The summed E-state index contributed by atoms with van der Waals surface area (Å²) in [6, 6.07) is 0. The second kappa shape index (κ2) is 6.73. The highest BCUT2D eigenvalue weighted by Crippen LogP contribution is 2.58. The van der Waals surface area contributed by atoms with E-state index in [0.29, 0.717) is 11.8 Å². The minimum atomic E-state index is -0.614. The molecule has 0 aromatic heterocycles. The van der Waals surface area contributed by atoms with E-state index in [0.717, 1.165) is 25.7 Å². The molecule has 26 heavy (non-hydrogen) atoms. The summed E-state index contributed by atoms with van der Waals surface area (Å²) in [6.07, 6.45) is 2.77. The molecule has 4 rings (SSSR count). The van der Waals surface area contributed by atoms with E-state index in [4.69, 9.17) is 24.0 Å². The Morgan fingerprint density at radius 3 is 2.50 bits per heavy atom. The van der Waals surface area contributed by atoms with Crippen LogP contribution >= 0.6 is 0 Å². The number of carbonyl (C=O) groups is 1. The van der Waals surface area contributed by atoms with Crippen LogP contribution in [0.5, 0.6) is 0 Å². The summed E-state index contributed by atoms with van der Waals surface area (Å²) in [7, 11) is 0. The molecule has 1 aliphatic carbocycles. The molecule has 6 heteroatoms. The number of esters is 1. The molecular formula is C20H32O6. The first-order valence-corrected chi connectivity index (χ1v) is 10.2. The summed E-state index contributed by atoms with van der Waals surface area (Å²) < 4.78 is 18.3. The lowest BCUT2D eigenvalue weighted by Crippen LogP contribution is -2.68. The summed E-state index contributed by atoms with van der Waals surface area (Å²) in [6.45, 7) is 10.1. The van der Waals surface area contributed by atoms with E-state index in [1.165, 1.54) is 0 Å². The van der Waals surface area contributed by atoms with Crippen molar-refractivity contribution in [3.05, 3.63) is 0 Å². The second-order valence-corrected chi connectivity index (χ2v) is 9.04. The summed E-state index contributed by atoms with van der Waals surface area (Å²) >= 11 is 0. The lowest BCUT2D eigenvalue weighted by Gasteiger charge is -2.58. The van der Waals surface area contributed by atoms with Gasteiger partial charge in [-0.3, -0.25) is 4.79 Å². The monoisotopic (exact) mass is 368 g/mol. The fourth-order valence-corrected chi connectivity index (χ4v) is 5.48. The van der Waals surface area contributed by atoms with Gasteiger partial charge in [-0.1, -0.05) is 27.7 Å². The van der Waals surface area contributed by atoms with Gasteiger partial charge in [-0.05, 0) is 44.4 Å². The molecule has 3 aliphatic heterocycles. The van der Waals surface area contributed by atoms with Crippen LogP contribution in [0.3, 0.4) is 0 Å². The molecule has 0 amide bonds. The van der Waals surface area contributed by atoms with Crippen LogP contribution in [0, 0.1) is 29.6 Å². The highest BCUT2D eigenvalue weighted by atomic mass is 17.2. The van der Waals surface area contributed by atoms with Crippen molar-refractivity contribution in [1.82, 2.24) is 0 Å². The third-order valence-corrected chi connectivity index (χ3v) is 7.11. The van der Waals surface area contributed by atoms with Gasteiger partial charge in [0, 0.05) is 11.8 Å². The molecule has 3 saturated heterocycles. The Balaban J connectivity index is 1.69. The molecule has 2 unspecified atom stereocenters. The lowest BCUT2D eigenvalue weighted by atomic mass is 9.57. The maximum absolute atomic E-state index is 12.2. The van der Waals surface area contributed by atoms with Crippen LogP contribution in [-0.2, 0) is 28.8 Å². The van der Waals surface area contributed by atoms with Crippen LogP contribution in [0.1, 0.15) is 60.3 Å². The molecule has 4 aliphatic rings. The average Bonchev–Trinajstić information content (AvgIpc) is 2.87. The number of fused-ring (bicyclic) bond motifs is 2. The van der Waals surface area contributed by atoms with Crippen LogP contribution in [-0.4, -0.2) is 36.4 Å². The van der Waals surface area contributed by atoms with Crippen molar-refractivity contribution < 1.29 is 28.8 Å². The molecule has 3 heterocycles. The van der Waals surface area contributed by atoms with Crippen LogP contribution in [0.15, 0.2) is 0 Å². The fraction of sp³-hybridized carbons (Fsp3) is 0.950. The van der Waals surface area contributed by atoms with E-state index < -0.39 is 18.2 Å². The predicted molar refractivity (Wildman–Crippen MR) is 92.6 cm³/mol. The normalized spacial score (nSPS) is 50.7. The van der Waals surface area contributed by atoms with E-state index in [2.05, 4.69) is 13.8 Å². The van der Waals surface area contributed by atoms with Crippen LogP contribution in [0.25, 0.3) is 0 Å². The van der Waals surface area contributed by atoms with Crippen LogP contribution < -0.4 is 0 Å². The van der Waals surface area contributed by atoms with Gasteiger partial charge in [0.15, 0.2) is 11.9 Å². The third-order valence-electron chi connectivity index (χ3n) is 7.11. The van der Waals surface area contributed by atoms with Gasteiger partial charge in [-0.25, -0.2) is 9.78 Å². The van der Waals surface area contributed by atoms with Crippen molar-refractivity contribution in [1.29, 1.82) is 0 Å². The smallest absolute Gasteiger partial charge is 0.310 e. The molecule has 1 spiro atoms. The molecule has 0 aromatic rings. The van der Waals surface area contributed by atoms with E-state index in [1.54, 1.807) is 0 Å². The predicted octanol–water partition coefficient (Wildman–Crippen LogP) is 3.43. The van der Waals surface area contributed by atoms with Gasteiger partial charge >= 0.3 is 5.97 Å². The number of ether oxygens (including phenoxy) is 3. The number of rotatable bonds is 2. The quantitative estimate of drug-likeness (QED) is 0.550. The van der Waals surface area contributed by atoms with Gasteiger partial charge in [0.05, 0.1) is 12.0 Å². The standard InChI is InChI=1S/C20H32O6/c1-10(2)17(21)23-18-12(4)15-7-6-11(3)14-8-9-16-13(5)22-19(24-18)20(14,15)26-25-16/h10-16,18-19H,6-9H2,1-5H3/t11-,12-,13+,14+,15?,16+,18?,19+,20-/m1/s1. The number of carbonyl (C=O) groups excluding carboxylic acids is 1. The Labute approximate surface area is 155 Å². The van der Waals surface area contributed by atoms with Gasteiger partial charge in [0.25, 0.3) is 0 Å². The molecular weight excluding hydrogens is 336 g/mol. The zero-order valence-corrected chi connectivity index (χ0v) is 16.5. The second-order valence-electron chi connectivity index (χ2n) is 9.04. The van der Waals surface area contributed by atoms with Crippen molar-refractivity contribution in [2.75, 3.05) is 0 Å². The summed E-state index contributed by atoms with van der Waals surface area (Å²) in [5, 5.41) is 0. The van der Waals surface area contributed by atoms with Crippen molar-refractivity contribution in [3.63, 3.8) is 0 Å². The van der Waals surface area contributed by atoms with E-state index in [9.17, 15) is 4.79 Å². The Hall–Kier alpha value is -0.690. The van der Waals surface area contributed by atoms with Crippen molar-refractivity contribution in [3.8, 4) is 0 Å². The largest absolute Gasteiger partial charge is 0.435 e. The molecule has 0 N–H and O–H groups in total. The average molecular weight is 368 g/mol. The highest BCUT2D eigenvalue weighted by Gasteiger charge is 2.67. The molecule has 2 bridgehead atoms. The van der Waals surface area contributed by atoms with Gasteiger partial charge < -0.3 is 14.2 Å². The first-order valence-electron chi connectivity index (χ1n) is 10.2. The SMILES string of the molecule is CC(C)C(=O)OC1O[C@@H]2O[C@@H](C)[C@@H]3CC[C@H]4[C@H](C)CCC([C@H]1C)[C@@]24OO3. The van der Waals surface area contributed by atoms with Crippen molar-refractivity contribution >= 4 is 5.97 Å². The molecule has 0 radical (unpaired) electrons. The molecule has 0 aromatic carbocycles. The van der Waals surface area contributed by atoms with E-state index in [-0.39, 0.29) is 35.9 Å². The number of hydrogen-bond acceptors (Lipinski definition) is 6. The molecule has 9 atom stereocenters. The fourth-order valence-electron chi connectivity index (χ4n) is 5.48. The van der Waals surface area contributed by atoms with Gasteiger partial charge in [-0.2, -0.15) is 0 Å². The van der Waals surface area contributed by atoms with Gasteiger partial charge in [0.2, 0.25) is 6.29 Å². The van der Waals surface area contributed by atoms with Crippen LogP contribution in [0.4, 0.5) is 0 Å². The van der Waals surface area contributed by atoms with Crippen molar-refractivity contribution in [2.24, 2.45) is 29.6 Å². The third kappa shape index (κ3) is 2.72. The molecule has 4 fully saturated rings. The van der Waals surface area contributed by atoms with Crippen LogP contribution in [0.2, 0.25) is 0 Å². The first kappa shape index (κ1) is 18.7. The lowest BCUT2D eigenvalue weighted by molar-refractivity contribution is -0.453. The number of hydrogen-bond donors (Lipinski definition) is 0. The highest BCUT2D eigenvalue weighted by molar-refractivity contribution is 5.71. The Kier molecular flexibility index (Phi) is 4.83. The first-order chi connectivity index (χ1) is 12.3. The van der Waals surface area contributed by atoms with Gasteiger partial charge in [-0.15, -0.1) is 0 Å². The summed E-state index contributed by atoms with van der Waals surface area (Å²) in [5.41, 5.74) is -0.614. The molecule has 1 saturated carbocycles. The Morgan fingerprint density at radius 2 is 1.77 bits per heavy atom. The van der Waals surface area contributed by atoms with Gasteiger partial charge in [0.1, 0.15) is 6.10 Å². The summed E-state index contributed by atoms with van der Waals surface area (Å²) in [5.74, 6) is 0.636. The Bertz CT molecular complexity index is 550. The van der Waals surface area contributed by atoms with E-state index >= 15 is 0 Å². The maximum atomic E-state index is 12.2. The topological polar surface area (TPSA) is 63.2 Å². The van der Waals surface area contributed by atoms with Crippen molar-refractivity contribution in [2.45, 2.75) is 90.7 Å².